The molecule has 1 heteroatoms. The Kier molecular flexibility index (Phi) is 3.32. The lowest BCUT2D eigenvalue weighted by atomic mass is 9.76. The summed E-state index contributed by atoms with van der Waals surface area (Å²) in [6.45, 7) is 0. The van der Waals surface area contributed by atoms with Crippen molar-refractivity contribution in [1.29, 1.82) is 0 Å². The minimum atomic E-state index is 0.825. The summed E-state index contributed by atoms with van der Waals surface area (Å²) in [5, 5.41) is 3.90. The van der Waals surface area contributed by atoms with Crippen molar-refractivity contribution in [3.05, 3.63) is 11.6 Å². The maximum absolute atomic E-state index is 3.90. The van der Waals surface area contributed by atoms with E-state index in [-0.39, 0.29) is 0 Å². The molecule has 0 spiro atoms. The van der Waals surface area contributed by atoms with Crippen LogP contribution in [0.5, 0.6) is 0 Å². The quantitative estimate of drug-likeness (QED) is 0.712. The molecule has 0 aromatic heterocycles. The number of nitrogens with one attached hydrogen (secondary N) is 1. The highest BCUT2D eigenvalue weighted by Crippen LogP contribution is 2.36. The fraction of sp³-hybridized carbons (Fsp3) is 0.867. The topological polar surface area (TPSA) is 12.0 Å². The van der Waals surface area contributed by atoms with Crippen molar-refractivity contribution in [2.45, 2.75) is 76.3 Å². The van der Waals surface area contributed by atoms with Gasteiger partial charge in [-0.25, -0.2) is 0 Å². The Labute approximate surface area is 99.7 Å². The molecule has 90 valence electrons. The third-order valence-corrected chi connectivity index (χ3v) is 4.60. The van der Waals surface area contributed by atoms with Gasteiger partial charge in [-0.05, 0) is 57.3 Å². The highest BCUT2D eigenvalue weighted by Gasteiger charge is 2.32. The molecule has 2 atom stereocenters. The first kappa shape index (κ1) is 10.8. The van der Waals surface area contributed by atoms with Gasteiger partial charge in [0.05, 0.1) is 0 Å². The van der Waals surface area contributed by atoms with E-state index in [9.17, 15) is 0 Å². The average molecular weight is 219 g/mol. The van der Waals surface area contributed by atoms with Crippen LogP contribution in [-0.4, -0.2) is 12.1 Å². The molecule has 0 radical (unpaired) electrons. The van der Waals surface area contributed by atoms with Crippen LogP contribution in [0.25, 0.3) is 0 Å². The van der Waals surface area contributed by atoms with Crippen molar-refractivity contribution in [2.75, 3.05) is 0 Å². The van der Waals surface area contributed by atoms with Crippen LogP contribution in [0.1, 0.15) is 64.2 Å². The molecule has 2 unspecified atom stereocenters. The normalized spacial score (nSPS) is 35.9. The van der Waals surface area contributed by atoms with Crippen molar-refractivity contribution in [2.24, 2.45) is 5.92 Å². The Bertz CT molecular complexity index is 265. The van der Waals surface area contributed by atoms with Crippen LogP contribution in [0.15, 0.2) is 11.6 Å². The average Bonchev–Trinajstić information content (AvgIpc) is 3.15. The molecule has 0 amide bonds. The Morgan fingerprint density at radius 3 is 2.56 bits per heavy atom. The Hall–Kier alpha value is -0.300. The smallest absolute Gasteiger partial charge is 0.0135 e. The van der Waals surface area contributed by atoms with Crippen molar-refractivity contribution in [3.8, 4) is 0 Å². The standard InChI is InChI=1S/C15H25N/c1-2-6-12(7-3-1)14-8-4-5-9-15(14)16-13-10-11-13/h6,13-16H,1-5,7-11H2. The van der Waals surface area contributed by atoms with Crippen LogP contribution >= 0.6 is 0 Å². The van der Waals surface area contributed by atoms with E-state index in [1.165, 1.54) is 64.2 Å². The molecule has 0 aromatic rings. The Morgan fingerprint density at radius 2 is 1.81 bits per heavy atom. The summed E-state index contributed by atoms with van der Waals surface area (Å²) in [5.74, 6) is 0.898. The lowest BCUT2D eigenvalue weighted by molar-refractivity contribution is 0.285. The fourth-order valence-corrected chi connectivity index (χ4v) is 3.53. The number of hydrogen-bond donors (Lipinski definition) is 1. The summed E-state index contributed by atoms with van der Waals surface area (Å²) in [4.78, 5) is 0. The van der Waals surface area contributed by atoms with Gasteiger partial charge in [-0.2, -0.15) is 0 Å². The van der Waals surface area contributed by atoms with Gasteiger partial charge in [0, 0.05) is 12.1 Å². The van der Waals surface area contributed by atoms with Crippen LogP contribution in [0.3, 0.4) is 0 Å². The van der Waals surface area contributed by atoms with E-state index in [2.05, 4.69) is 11.4 Å². The largest absolute Gasteiger partial charge is 0.311 e. The highest BCUT2D eigenvalue weighted by atomic mass is 15.0. The predicted molar refractivity (Wildman–Crippen MR) is 68.5 cm³/mol. The third kappa shape index (κ3) is 2.51. The second-order valence-electron chi connectivity index (χ2n) is 5.96. The first-order valence-electron chi connectivity index (χ1n) is 7.38. The van der Waals surface area contributed by atoms with E-state index in [4.69, 9.17) is 0 Å². The number of allylic oxidation sites excluding steroid dienone is 1. The molecule has 16 heavy (non-hydrogen) atoms. The highest BCUT2D eigenvalue weighted by molar-refractivity contribution is 5.13. The monoisotopic (exact) mass is 219 g/mol. The molecule has 3 rings (SSSR count). The minimum absolute atomic E-state index is 0.825. The first-order valence-corrected chi connectivity index (χ1v) is 7.38. The molecule has 1 N–H and O–H groups in total. The molecule has 1 nitrogen and oxygen atoms in total. The SMILES string of the molecule is C1=C(C2CCCCC2NC2CC2)CCCC1. The molecule has 3 aliphatic rings. The van der Waals surface area contributed by atoms with Gasteiger partial charge < -0.3 is 5.32 Å². The summed E-state index contributed by atoms with van der Waals surface area (Å²) in [6, 6.07) is 1.71. The number of hydrogen-bond acceptors (Lipinski definition) is 1. The predicted octanol–water partition coefficient (Wildman–Crippen LogP) is 3.80. The fourth-order valence-electron chi connectivity index (χ4n) is 3.53. The van der Waals surface area contributed by atoms with Crippen molar-refractivity contribution < 1.29 is 0 Å². The van der Waals surface area contributed by atoms with Gasteiger partial charge >= 0.3 is 0 Å². The van der Waals surface area contributed by atoms with E-state index in [1.807, 2.05) is 5.57 Å². The molecule has 0 saturated heterocycles. The zero-order valence-electron chi connectivity index (χ0n) is 10.4. The van der Waals surface area contributed by atoms with Gasteiger partial charge in [0.15, 0.2) is 0 Å². The van der Waals surface area contributed by atoms with Gasteiger partial charge in [0.2, 0.25) is 0 Å². The second kappa shape index (κ2) is 4.91. The van der Waals surface area contributed by atoms with Crippen LogP contribution in [0, 0.1) is 5.92 Å². The number of rotatable bonds is 3. The molecule has 0 aliphatic heterocycles. The first-order chi connectivity index (χ1) is 7.93. The summed E-state index contributed by atoms with van der Waals surface area (Å²) in [6.07, 6.45) is 16.9. The van der Waals surface area contributed by atoms with Gasteiger partial charge in [0.25, 0.3) is 0 Å². The van der Waals surface area contributed by atoms with Crippen LogP contribution < -0.4 is 5.32 Å². The maximum Gasteiger partial charge on any atom is 0.0135 e. The molecule has 0 aromatic carbocycles. The van der Waals surface area contributed by atoms with Gasteiger partial charge in [-0.15, -0.1) is 0 Å². The lowest BCUT2D eigenvalue weighted by Gasteiger charge is -2.35. The molecule has 0 bridgehead atoms. The van der Waals surface area contributed by atoms with E-state index in [0.717, 1.165) is 18.0 Å². The van der Waals surface area contributed by atoms with Crippen molar-refractivity contribution >= 4 is 0 Å². The Morgan fingerprint density at radius 1 is 0.938 bits per heavy atom. The molecule has 3 aliphatic carbocycles. The summed E-state index contributed by atoms with van der Waals surface area (Å²) >= 11 is 0. The van der Waals surface area contributed by atoms with E-state index < -0.39 is 0 Å². The van der Waals surface area contributed by atoms with Gasteiger partial charge in [-0.3, -0.25) is 0 Å². The Balaban J connectivity index is 1.66. The van der Waals surface area contributed by atoms with E-state index in [0.29, 0.717) is 0 Å². The van der Waals surface area contributed by atoms with Crippen LogP contribution in [-0.2, 0) is 0 Å². The lowest BCUT2D eigenvalue weighted by Crippen LogP contribution is -2.40. The summed E-state index contributed by atoms with van der Waals surface area (Å²) < 4.78 is 0. The second-order valence-corrected chi connectivity index (χ2v) is 5.96. The molecule has 2 saturated carbocycles. The molecule has 0 heterocycles. The zero-order valence-corrected chi connectivity index (χ0v) is 10.4. The van der Waals surface area contributed by atoms with Crippen molar-refractivity contribution in [1.82, 2.24) is 5.32 Å². The molecular weight excluding hydrogens is 194 g/mol. The zero-order chi connectivity index (χ0) is 10.8. The van der Waals surface area contributed by atoms with Crippen LogP contribution in [0.4, 0.5) is 0 Å². The molecular formula is C15H25N. The third-order valence-electron chi connectivity index (χ3n) is 4.60. The van der Waals surface area contributed by atoms with E-state index in [1.54, 1.807) is 0 Å². The maximum atomic E-state index is 3.90. The summed E-state index contributed by atoms with van der Waals surface area (Å²) in [5.41, 5.74) is 1.81. The van der Waals surface area contributed by atoms with Crippen molar-refractivity contribution in [3.63, 3.8) is 0 Å². The minimum Gasteiger partial charge on any atom is -0.311 e. The molecule has 2 fully saturated rings. The van der Waals surface area contributed by atoms with Crippen LogP contribution in [0.2, 0.25) is 0 Å². The van der Waals surface area contributed by atoms with Gasteiger partial charge in [0.1, 0.15) is 0 Å². The van der Waals surface area contributed by atoms with Gasteiger partial charge in [-0.1, -0.05) is 24.5 Å². The van der Waals surface area contributed by atoms with E-state index >= 15 is 0 Å². The summed E-state index contributed by atoms with van der Waals surface area (Å²) in [7, 11) is 0.